The molecule has 9 heteroatoms. The lowest BCUT2D eigenvalue weighted by molar-refractivity contribution is -0.163. The maximum Gasteiger partial charge on any atom is 0.329 e. The molecular weight excluding hydrogens is 510 g/mol. The molecule has 3 rings (SSSR count). The van der Waals surface area contributed by atoms with Gasteiger partial charge in [0.2, 0.25) is 11.8 Å². The average Bonchev–Trinajstić information content (AvgIpc) is 3.54. The summed E-state index contributed by atoms with van der Waals surface area (Å²) < 4.78 is 11.1. The van der Waals surface area contributed by atoms with Gasteiger partial charge in [-0.2, -0.15) is 0 Å². The smallest absolute Gasteiger partial charge is 0.329 e. The van der Waals surface area contributed by atoms with E-state index in [0.29, 0.717) is 45.6 Å². The van der Waals surface area contributed by atoms with Crippen molar-refractivity contribution in [3.05, 3.63) is 35.9 Å². The summed E-state index contributed by atoms with van der Waals surface area (Å²) in [4.78, 5) is 57.3. The zero-order valence-electron chi connectivity index (χ0n) is 25.1. The number of ether oxygens (including phenoxy) is 2. The Morgan fingerprint density at radius 3 is 1.57 bits per heavy atom. The molecule has 0 spiro atoms. The fraction of sp³-hybridized carbons (Fsp3) is 0.677. The van der Waals surface area contributed by atoms with Gasteiger partial charge in [0.15, 0.2) is 0 Å². The summed E-state index contributed by atoms with van der Waals surface area (Å²) in [5.74, 6) is -0.866. The van der Waals surface area contributed by atoms with Gasteiger partial charge in [0, 0.05) is 45.6 Å². The molecule has 0 bridgehead atoms. The first-order valence-corrected chi connectivity index (χ1v) is 14.5. The van der Waals surface area contributed by atoms with Crippen LogP contribution in [0.4, 0.5) is 0 Å². The van der Waals surface area contributed by atoms with E-state index < -0.39 is 23.3 Å². The Morgan fingerprint density at radius 2 is 1.18 bits per heavy atom. The van der Waals surface area contributed by atoms with Gasteiger partial charge in [-0.05, 0) is 72.8 Å². The van der Waals surface area contributed by atoms with Gasteiger partial charge in [-0.3, -0.25) is 14.5 Å². The minimum Gasteiger partial charge on any atom is -0.458 e. The van der Waals surface area contributed by atoms with Crippen LogP contribution in [0.5, 0.6) is 0 Å². The second kappa shape index (κ2) is 13.6. The van der Waals surface area contributed by atoms with E-state index in [1.807, 2.05) is 71.9 Å². The minimum absolute atomic E-state index is 0.0812. The van der Waals surface area contributed by atoms with Crippen LogP contribution in [0, 0.1) is 0 Å². The van der Waals surface area contributed by atoms with Gasteiger partial charge < -0.3 is 19.3 Å². The quantitative estimate of drug-likeness (QED) is 0.402. The number of benzene rings is 1. The molecule has 1 aromatic rings. The Labute approximate surface area is 239 Å². The first-order valence-electron chi connectivity index (χ1n) is 14.5. The van der Waals surface area contributed by atoms with E-state index in [0.717, 1.165) is 18.4 Å². The minimum atomic E-state index is -0.606. The summed E-state index contributed by atoms with van der Waals surface area (Å²) in [5, 5.41) is 0. The Bertz CT molecular complexity index is 968. The molecule has 40 heavy (non-hydrogen) atoms. The molecule has 2 amide bonds. The highest BCUT2D eigenvalue weighted by molar-refractivity contribution is 5.86. The second-order valence-corrected chi connectivity index (χ2v) is 12.8. The summed E-state index contributed by atoms with van der Waals surface area (Å²) in [6, 6.07) is 8.84. The first kappa shape index (κ1) is 31.6. The normalized spacial score (nSPS) is 19.7. The summed E-state index contributed by atoms with van der Waals surface area (Å²) in [5.41, 5.74) is -0.126. The van der Waals surface area contributed by atoms with Crippen LogP contribution in [-0.2, 0) is 35.2 Å². The highest BCUT2D eigenvalue weighted by Gasteiger charge is 2.38. The van der Waals surface area contributed by atoms with E-state index in [1.165, 1.54) is 0 Å². The Morgan fingerprint density at radius 1 is 0.750 bits per heavy atom. The summed E-state index contributed by atoms with van der Waals surface area (Å²) in [7, 11) is 0. The van der Waals surface area contributed by atoms with Gasteiger partial charge in [0.05, 0.1) is 0 Å². The highest BCUT2D eigenvalue weighted by Crippen LogP contribution is 2.24. The SMILES string of the molecule is CC(C)(C)OC(=O)[C@H]1CCCN1C(=O)CCN(CCC(=O)N1CCC[C@@H]1C(=O)OC(C)(C)C)Cc1ccccc1. The highest BCUT2D eigenvalue weighted by atomic mass is 16.6. The van der Waals surface area contributed by atoms with Crippen LogP contribution in [0.15, 0.2) is 30.3 Å². The van der Waals surface area contributed by atoms with Crippen molar-refractivity contribution in [2.24, 2.45) is 0 Å². The van der Waals surface area contributed by atoms with Crippen molar-refractivity contribution in [3.8, 4) is 0 Å². The number of likely N-dealkylation sites (tertiary alicyclic amines) is 2. The Balaban J connectivity index is 1.61. The van der Waals surface area contributed by atoms with Crippen LogP contribution in [-0.4, -0.2) is 87.9 Å². The van der Waals surface area contributed by atoms with Crippen molar-refractivity contribution < 1.29 is 28.7 Å². The summed E-state index contributed by atoms with van der Waals surface area (Å²) >= 11 is 0. The third kappa shape index (κ3) is 9.61. The predicted molar refractivity (Wildman–Crippen MR) is 152 cm³/mol. The number of carbonyl (C=O) groups excluding carboxylic acids is 4. The average molecular weight is 558 g/mol. The lowest BCUT2D eigenvalue weighted by Crippen LogP contribution is -2.45. The summed E-state index contributed by atoms with van der Waals surface area (Å²) in [6.45, 7) is 13.5. The first-order chi connectivity index (χ1) is 18.7. The molecule has 0 unspecified atom stereocenters. The maximum absolute atomic E-state index is 13.2. The molecule has 2 fully saturated rings. The topological polar surface area (TPSA) is 96.5 Å². The van der Waals surface area contributed by atoms with Gasteiger partial charge in [0.25, 0.3) is 0 Å². The molecule has 9 nitrogen and oxygen atoms in total. The lowest BCUT2D eigenvalue weighted by atomic mass is 10.1. The molecule has 2 heterocycles. The molecule has 222 valence electrons. The molecule has 2 aliphatic heterocycles. The van der Waals surface area contributed by atoms with Crippen LogP contribution in [0.1, 0.15) is 85.6 Å². The third-order valence-electron chi connectivity index (χ3n) is 7.04. The largest absolute Gasteiger partial charge is 0.458 e. The van der Waals surface area contributed by atoms with E-state index in [4.69, 9.17) is 9.47 Å². The van der Waals surface area contributed by atoms with Crippen LogP contribution >= 0.6 is 0 Å². The monoisotopic (exact) mass is 557 g/mol. The van der Waals surface area contributed by atoms with Gasteiger partial charge in [-0.15, -0.1) is 0 Å². The van der Waals surface area contributed by atoms with Crippen LogP contribution in [0.25, 0.3) is 0 Å². The van der Waals surface area contributed by atoms with Crippen molar-refractivity contribution in [1.82, 2.24) is 14.7 Å². The van der Waals surface area contributed by atoms with E-state index in [1.54, 1.807) is 9.80 Å². The number of nitrogens with zero attached hydrogens (tertiary/aromatic N) is 3. The standard InChI is InChI=1S/C31H47N3O6/c1-30(2,3)39-28(37)24-14-10-18-33(24)26(35)16-20-32(22-23-12-8-7-9-13-23)21-17-27(36)34-19-11-15-25(34)29(38)40-31(4,5)6/h7-9,12-13,24-25H,10-11,14-22H2,1-6H3/t24-,25-/m1/s1. The predicted octanol–water partition coefficient (Wildman–Crippen LogP) is 3.93. The Hall–Kier alpha value is -2.94. The van der Waals surface area contributed by atoms with Crippen molar-refractivity contribution in [2.75, 3.05) is 26.2 Å². The molecule has 0 saturated carbocycles. The lowest BCUT2D eigenvalue weighted by Gasteiger charge is -2.29. The molecule has 2 saturated heterocycles. The van der Waals surface area contributed by atoms with E-state index in [2.05, 4.69) is 4.90 Å². The van der Waals surface area contributed by atoms with E-state index in [9.17, 15) is 19.2 Å². The third-order valence-corrected chi connectivity index (χ3v) is 7.04. The van der Waals surface area contributed by atoms with Crippen LogP contribution in [0.3, 0.4) is 0 Å². The molecule has 0 aromatic heterocycles. The molecule has 2 aliphatic rings. The molecule has 2 atom stereocenters. The van der Waals surface area contributed by atoms with Gasteiger partial charge >= 0.3 is 11.9 Å². The molecule has 0 aliphatic carbocycles. The Kier molecular flexibility index (Phi) is 10.8. The van der Waals surface area contributed by atoms with E-state index in [-0.39, 0.29) is 36.6 Å². The molecule has 0 N–H and O–H groups in total. The molecular formula is C31H47N3O6. The number of rotatable bonds is 10. The van der Waals surface area contributed by atoms with Gasteiger partial charge in [-0.1, -0.05) is 30.3 Å². The number of hydrogen-bond acceptors (Lipinski definition) is 7. The second-order valence-electron chi connectivity index (χ2n) is 12.8. The number of esters is 2. The van der Waals surface area contributed by atoms with Crippen molar-refractivity contribution in [1.29, 1.82) is 0 Å². The molecule has 0 radical (unpaired) electrons. The maximum atomic E-state index is 13.2. The number of carbonyl (C=O) groups is 4. The van der Waals surface area contributed by atoms with Crippen molar-refractivity contribution in [2.45, 2.75) is 110 Å². The van der Waals surface area contributed by atoms with Crippen molar-refractivity contribution >= 4 is 23.8 Å². The van der Waals surface area contributed by atoms with Crippen LogP contribution in [0.2, 0.25) is 0 Å². The number of hydrogen-bond donors (Lipinski definition) is 0. The molecule has 1 aromatic carbocycles. The zero-order chi connectivity index (χ0) is 29.5. The fourth-order valence-corrected chi connectivity index (χ4v) is 5.27. The van der Waals surface area contributed by atoms with Gasteiger partial charge in [-0.25, -0.2) is 9.59 Å². The zero-order valence-corrected chi connectivity index (χ0v) is 25.1. The van der Waals surface area contributed by atoms with E-state index >= 15 is 0 Å². The summed E-state index contributed by atoms with van der Waals surface area (Å²) in [6.07, 6.45) is 3.24. The van der Waals surface area contributed by atoms with Gasteiger partial charge in [0.1, 0.15) is 23.3 Å². The van der Waals surface area contributed by atoms with Crippen LogP contribution < -0.4 is 0 Å². The fourth-order valence-electron chi connectivity index (χ4n) is 5.27. The number of amides is 2. The van der Waals surface area contributed by atoms with Crippen molar-refractivity contribution in [3.63, 3.8) is 0 Å².